The fraction of sp³-hybridized carbons (Fsp3) is 0.375. The first-order valence-corrected chi connectivity index (χ1v) is 7.51. The Hall–Kier alpha value is -0.240. The molecule has 1 aromatic rings. The number of pyridine rings is 1. The molecule has 15 heavy (non-hydrogen) atoms. The van der Waals surface area contributed by atoms with Crippen LogP contribution in [0.2, 0.25) is 0 Å². The van der Waals surface area contributed by atoms with E-state index in [1.165, 1.54) is 29.1 Å². The van der Waals surface area contributed by atoms with Gasteiger partial charge in [-0.15, -0.1) is 11.7 Å². The molecule has 0 fully saturated rings. The second kappa shape index (κ2) is 4.32. The number of aromatic nitrogens is 1. The Morgan fingerprint density at radius 2 is 2.13 bits per heavy atom. The number of nitrogens with two attached hydrogens (primary N) is 1. The highest BCUT2D eigenvalue weighted by Gasteiger charge is 2.23. The van der Waals surface area contributed by atoms with E-state index in [2.05, 4.69) is 16.6 Å². The molecule has 0 saturated heterocycles. The molecule has 1 heterocycles. The van der Waals surface area contributed by atoms with Gasteiger partial charge < -0.3 is 0 Å². The zero-order valence-corrected chi connectivity index (χ0v) is 10.9. The van der Waals surface area contributed by atoms with Crippen LogP contribution >= 0.6 is 22.5 Å². The van der Waals surface area contributed by atoms with Crippen molar-refractivity contribution in [2.24, 2.45) is 5.14 Å². The molecular weight excluding hydrogens is 252 g/mol. The van der Waals surface area contributed by atoms with Crippen molar-refractivity contribution < 1.29 is 8.42 Å². The van der Waals surface area contributed by atoms with Gasteiger partial charge in [0.15, 0.2) is 0 Å². The number of thiol groups is 1. The molecule has 0 aliphatic heterocycles. The van der Waals surface area contributed by atoms with Gasteiger partial charge in [-0.1, -0.05) is 10.8 Å². The molecule has 0 aliphatic rings. The van der Waals surface area contributed by atoms with Crippen LogP contribution in [0, 0.1) is 0 Å². The lowest BCUT2D eigenvalue weighted by atomic mass is 10.1. The van der Waals surface area contributed by atoms with E-state index in [0.29, 0.717) is 5.69 Å². The van der Waals surface area contributed by atoms with E-state index in [0.717, 1.165) is 0 Å². The number of hydrogen-bond acceptors (Lipinski definition) is 5. The third-order valence-electron chi connectivity index (χ3n) is 1.91. The summed E-state index contributed by atoms with van der Waals surface area (Å²) in [6, 6.07) is 2.84. The van der Waals surface area contributed by atoms with Crippen LogP contribution in [-0.2, 0) is 14.8 Å². The van der Waals surface area contributed by atoms with Gasteiger partial charge in [0.25, 0.3) is 0 Å². The first-order valence-electron chi connectivity index (χ1n) is 4.09. The molecule has 0 unspecified atom stereocenters. The molecule has 0 aromatic carbocycles. The van der Waals surface area contributed by atoms with Crippen molar-refractivity contribution in [3.63, 3.8) is 0 Å². The van der Waals surface area contributed by atoms with Crippen LogP contribution < -0.4 is 5.14 Å². The third kappa shape index (κ3) is 3.10. The standard InChI is InChI=1S/C8H12N2O2S3/c1-8(2,14-13)7-5-6(3-4-10-7)15(9,11)12/h3-5,13H,1-2H3,(H2,9,11,12). The SMILES string of the molecule is CC(C)(SS)c1cc(S(N)(=O)=O)ccn1. The molecule has 84 valence electrons. The summed E-state index contributed by atoms with van der Waals surface area (Å²) in [5.74, 6) is 0. The maximum atomic E-state index is 11.1. The first kappa shape index (κ1) is 12.8. The molecular formula is C8H12N2O2S3. The Balaban J connectivity index is 3.26. The molecule has 0 spiro atoms. The third-order valence-corrected chi connectivity index (χ3v) is 4.85. The number of primary sulfonamides is 1. The average Bonchev–Trinajstić information content (AvgIpc) is 2.17. The molecule has 0 aliphatic carbocycles. The monoisotopic (exact) mass is 264 g/mol. The highest BCUT2D eigenvalue weighted by molar-refractivity contribution is 8.68. The number of hydrogen-bond donors (Lipinski definition) is 2. The van der Waals surface area contributed by atoms with Gasteiger partial charge in [0.2, 0.25) is 10.0 Å². The van der Waals surface area contributed by atoms with E-state index < -0.39 is 10.0 Å². The molecule has 0 atom stereocenters. The largest absolute Gasteiger partial charge is 0.260 e. The minimum absolute atomic E-state index is 0.0722. The van der Waals surface area contributed by atoms with E-state index in [4.69, 9.17) is 5.14 Å². The molecule has 1 rings (SSSR count). The predicted molar refractivity (Wildman–Crippen MR) is 65.2 cm³/mol. The number of nitrogens with zero attached hydrogens (tertiary/aromatic N) is 1. The zero-order valence-electron chi connectivity index (χ0n) is 8.34. The Bertz CT molecular complexity index is 457. The number of rotatable bonds is 3. The average molecular weight is 264 g/mol. The second-order valence-electron chi connectivity index (χ2n) is 3.52. The Morgan fingerprint density at radius 1 is 1.53 bits per heavy atom. The van der Waals surface area contributed by atoms with Crippen molar-refractivity contribution in [2.75, 3.05) is 0 Å². The van der Waals surface area contributed by atoms with E-state index in [1.54, 1.807) is 0 Å². The van der Waals surface area contributed by atoms with Crippen LogP contribution in [0.25, 0.3) is 0 Å². The minimum atomic E-state index is -3.67. The van der Waals surface area contributed by atoms with Crippen LogP contribution in [0.5, 0.6) is 0 Å². The van der Waals surface area contributed by atoms with Gasteiger partial charge in [0, 0.05) is 6.20 Å². The lowest BCUT2D eigenvalue weighted by molar-refractivity contribution is 0.597. The van der Waals surface area contributed by atoms with Gasteiger partial charge in [-0.05, 0) is 26.0 Å². The van der Waals surface area contributed by atoms with Crippen molar-refractivity contribution in [1.29, 1.82) is 0 Å². The molecule has 7 heteroatoms. The normalized spacial score (nSPS) is 12.8. The molecule has 0 bridgehead atoms. The summed E-state index contributed by atoms with van der Waals surface area (Å²) in [6.45, 7) is 3.81. The van der Waals surface area contributed by atoms with Crippen LogP contribution in [-0.4, -0.2) is 13.4 Å². The summed E-state index contributed by atoms with van der Waals surface area (Å²) in [5.41, 5.74) is 0.633. The van der Waals surface area contributed by atoms with E-state index in [-0.39, 0.29) is 9.64 Å². The predicted octanol–water partition coefficient (Wildman–Crippen LogP) is 1.54. The van der Waals surface area contributed by atoms with E-state index in [9.17, 15) is 8.42 Å². The summed E-state index contributed by atoms with van der Waals surface area (Å²) in [7, 11) is -2.37. The van der Waals surface area contributed by atoms with Gasteiger partial charge >= 0.3 is 0 Å². The van der Waals surface area contributed by atoms with Gasteiger partial charge in [0.1, 0.15) is 0 Å². The molecule has 0 radical (unpaired) electrons. The molecule has 0 amide bonds. The first-order chi connectivity index (χ1) is 6.77. The highest BCUT2D eigenvalue weighted by Crippen LogP contribution is 2.37. The van der Waals surface area contributed by atoms with Crippen molar-refractivity contribution in [1.82, 2.24) is 4.98 Å². The molecule has 4 nitrogen and oxygen atoms in total. The Morgan fingerprint density at radius 3 is 2.60 bits per heavy atom. The van der Waals surface area contributed by atoms with Crippen molar-refractivity contribution in [3.8, 4) is 0 Å². The lowest BCUT2D eigenvalue weighted by Gasteiger charge is -2.20. The second-order valence-corrected chi connectivity index (χ2v) is 6.84. The van der Waals surface area contributed by atoms with Crippen LogP contribution in [0.15, 0.2) is 23.2 Å². The van der Waals surface area contributed by atoms with Crippen LogP contribution in [0.1, 0.15) is 19.5 Å². The van der Waals surface area contributed by atoms with E-state index >= 15 is 0 Å². The molecule has 0 saturated carbocycles. The maximum absolute atomic E-state index is 11.1. The summed E-state index contributed by atoms with van der Waals surface area (Å²) >= 11 is 4.12. The summed E-state index contributed by atoms with van der Waals surface area (Å²) < 4.78 is 21.9. The Kier molecular flexibility index (Phi) is 3.70. The van der Waals surface area contributed by atoms with Gasteiger partial charge in [0.05, 0.1) is 15.3 Å². The summed E-state index contributed by atoms with van der Waals surface area (Å²) in [6.07, 6.45) is 1.43. The van der Waals surface area contributed by atoms with Gasteiger partial charge in [-0.2, -0.15) is 0 Å². The van der Waals surface area contributed by atoms with Crippen LogP contribution in [0.3, 0.4) is 0 Å². The Labute approximate surface area is 98.5 Å². The maximum Gasteiger partial charge on any atom is 0.238 e. The van der Waals surface area contributed by atoms with Crippen molar-refractivity contribution in [2.45, 2.75) is 23.5 Å². The van der Waals surface area contributed by atoms with Gasteiger partial charge in [-0.3, -0.25) is 4.98 Å². The molecule has 2 N–H and O–H groups in total. The van der Waals surface area contributed by atoms with E-state index in [1.807, 2.05) is 13.8 Å². The van der Waals surface area contributed by atoms with Crippen molar-refractivity contribution in [3.05, 3.63) is 24.0 Å². The van der Waals surface area contributed by atoms with Crippen LogP contribution in [0.4, 0.5) is 0 Å². The molecule has 1 aromatic heterocycles. The summed E-state index contributed by atoms with van der Waals surface area (Å²) in [5, 5.41) is 5.03. The fourth-order valence-corrected chi connectivity index (χ4v) is 1.98. The highest BCUT2D eigenvalue weighted by atomic mass is 33.1. The van der Waals surface area contributed by atoms with Gasteiger partial charge in [-0.25, -0.2) is 13.6 Å². The smallest absolute Gasteiger partial charge is 0.238 e. The topological polar surface area (TPSA) is 73.1 Å². The quantitative estimate of drug-likeness (QED) is 0.641. The fourth-order valence-electron chi connectivity index (χ4n) is 0.964. The lowest BCUT2D eigenvalue weighted by Crippen LogP contribution is -2.16. The summed E-state index contributed by atoms with van der Waals surface area (Å²) in [4.78, 5) is 4.18. The number of sulfonamides is 1. The zero-order chi connectivity index (χ0) is 11.7. The minimum Gasteiger partial charge on any atom is -0.260 e. The van der Waals surface area contributed by atoms with Crippen molar-refractivity contribution >= 4 is 32.5 Å².